The van der Waals surface area contributed by atoms with Gasteiger partial charge in [-0.15, -0.1) is 0 Å². The number of carbonyl (C=O) groups excluding carboxylic acids is 2. The minimum absolute atomic E-state index is 0.0886. The van der Waals surface area contributed by atoms with Gasteiger partial charge in [0.25, 0.3) is 5.91 Å². The Morgan fingerprint density at radius 3 is 2.57 bits per heavy atom. The molecule has 3 N–H and O–H groups in total. The summed E-state index contributed by atoms with van der Waals surface area (Å²) in [6.45, 7) is 3.51. The second-order valence-corrected chi connectivity index (χ2v) is 5.51. The lowest BCUT2D eigenvalue weighted by atomic mass is 10.1. The molecule has 0 heterocycles. The van der Waals surface area contributed by atoms with Crippen LogP contribution in [0.15, 0.2) is 12.1 Å². The summed E-state index contributed by atoms with van der Waals surface area (Å²) in [5, 5.41) is 14.8. The quantitative estimate of drug-likeness (QED) is 0.749. The Morgan fingerprint density at radius 2 is 2.00 bits per heavy atom. The van der Waals surface area contributed by atoms with Crippen LogP contribution in [0, 0.1) is 0 Å². The topological polar surface area (TPSA) is 78.4 Å². The van der Waals surface area contributed by atoms with Crippen LogP contribution < -0.4 is 10.6 Å². The van der Waals surface area contributed by atoms with Crippen molar-refractivity contribution in [3.05, 3.63) is 27.7 Å². The maximum absolute atomic E-state index is 12.1. The number of amides is 2. The van der Waals surface area contributed by atoms with Crippen molar-refractivity contribution < 1.29 is 14.7 Å². The zero-order valence-corrected chi connectivity index (χ0v) is 13.4. The molecule has 0 radical (unpaired) electrons. The van der Waals surface area contributed by atoms with E-state index in [1.807, 2.05) is 6.92 Å². The maximum Gasteiger partial charge on any atom is 0.253 e. The van der Waals surface area contributed by atoms with Gasteiger partial charge in [0.1, 0.15) is 0 Å². The number of nitrogens with one attached hydrogen (secondary N) is 2. The van der Waals surface area contributed by atoms with E-state index in [0.29, 0.717) is 12.8 Å². The molecule has 21 heavy (non-hydrogen) atoms. The first-order chi connectivity index (χ1) is 9.85. The fourth-order valence-corrected chi connectivity index (χ4v) is 2.18. The van der Waals surface area contributed by atoms with Crippen LogP contribution in [0.3, 0.4) is 0 Å². The largest absolute Gasteiger partial charge is 0.392 e. The lowest BCUT2D eigenvalue weighted by Crippen LogP contribution is -2.31. The Balaban J connectivity index is 3.05. The lowest BCUT2D eigenvalue weighted by Gasteiger charge is -2.14. The van der Waals surface area contributed by atoms with Gasteiger partial charge in [-0.2, -0.15) is 0 Å². The van der Waals surface area contributed by atoms with Gasteiger partial charge in [0.15, 0.2) is 0 Å². The molecule has 0 saturated carbocycles. The molecule has 1 aromatic carbocycles. The Hall–Kier alpha value is -1.30. The van der Waals surface area contributed by atoms with Gasteiger partial charge in [-0.3, -0.25) is 9.59 Å². The molecule has 0 spiro atoms. The van der Waals surface area contributed by atoms with Crippen molar-refractivity contribution in [3.63, 3.8) is 0 Å². The molecule has 1 atom stereocenters. The van der Waals surface area contributed by atoms with Crippen molar-refractivity contribution in [1.29, 1.82) is 0 Å². The zero-order chi connectivity index (χ0) is 16.0. The average molecular weight is 333 g/mol. The Labute approximate surface area is 133 Å². The van der Waals surface area contributed by atoms with E-state index in [4.69, 9.17) is 23.2 Å². The highest BCUT2D eigenvalue weighted by Gasteiger charge is 2.18. The fourth-order valence-electron chi connectivity index (χ4n) is 1.64. The summed E-state index contributed by atoms with van der Waals surface area (Å²) >= 11 is 12.0. The molecule has 0 bridgehead atoms. The van der Waals surface area contributed by atoms with Gasteiger partial charge in [-0.25, -0.2) is 0 Å². The third-order valence-electron chi connectivity index (χ3n) is 2.60. The molecule has 1 aromatic rings. The second-order valence-electron chi connectivity index (χ2n) is 4.67. The van der Waals surface area contributed by atoms with E-state index in [1.54, 1.807) is 6.92 Å². The molecule has 2 amide bonds. The average Bonchev–Trinajstić information content (AvgIpc) is 2.39. The van der Waals surface area contributed by atoms with E-state index in [9.17, 15) is 14.7 Å². The van der Waals surface area contributed by atoms with Crippen molar-refractivity contribution >= 4 is 40.7 Å². The van der Waals surface area contributed by atoms with Crippen molar-refractivity contribution in [1.82, 2.24) is 5.32 Å². The van der Waals surface area contributed by atoms with E-state index in [2.05, 4.69) is 10.6 Å². The Kier molecular flexibility index (Phi) is 6.95. The highest BCUT2D eigenvalue weighted by Crippen LogP contribution is 2.30. The van der Waals surface area contributed by atoms with Gasteiger partial charge in [0.05, 0.1) is 22.4 Å². The Morgan fingerprint density at radius 1 is 1.33 bits per heavy atom. The number of benzene rings is 1. The highest BCUT2D eigenvalue weighted by molar-refractivity contribution is 6.38. The predicted molar refractivity (Wildman–Crippen MR) is 84.0 cm³/mol. The molecular formula is C14H18Cl2N2O3. The first-order valence-corrected chi connectivity index (χ1v) is 7.35. The van der Waals surface area contributed by atoms with Gasteiger partial charge >= 0.3 is 0 Å². The van der Waals surface area contributed by atoms with E-state index in [0.717, 1.165) is 0 Å². The van der Waals surface area contributed by atoms with Crippen molar-refractivity contribution in [3.8, 4) is 0 Å². The van der Waals surface area contributed by atoms with E-state index in [1.165, 1.54) is 12.1 Å². The molecule has 5 nitrogen and oxygen atoms in total. The number of hydrogen-bond acceptors (Lipinski definition) is 3. The third-order valence-corrected chi connectivity index (χ3v) is 3.12. The number of halogens is 2. The van der Waals surface area contributed by atoms with Crippen LogP contribution in [0.1, 0.15) is 37.0 Å². The van der Waals surface area contributed by atoms with Crippen LogP contribution in [0.25, 0.3) is 0 Å². The minimum atomic E-state index is -0.679. The van der Waals surface area contributed by atoms with Crippen molar-refractivity contribution in [2.45, 2.75) is 32.8 Å². The van der Waals surface area contributed by atoms with E-state index >= 15 is 0 Å². The summed E-state index contributed by atoms with van der Waals surface area (Å²) in [4.78, 5) is 23.8. The first-order valence-electron chi connectivity index (χ1n) is 6.60. The van der Waals surface area contributed by atoms with Gasteiger partial charge in [-0.1, -0.05) is 30.1 Å². The highest BCUT2D eigenvalue weighted by atomic mass is 35.5. The Bertz CT molecular complexity index is 533. The van der Waals surface area contributed by atoms with Crippen LogP contribution >= 0.6 is 23.2 Å². The van der Waals surface area contributed by atoms with Crippen molar-refractivity contribution in [2.24, 2.45) is 0 Å². The molecule has 7 heteroatoms. The van der Waals surface area contributed by atoms with Crippen molar-refractivity contribution in [2.75, 3.05) is 11.9 Å². The molecule has 1 unspecified atom stereocenters. The summed E-state index contributed by atoms with van der Waals surface area (Å²) in [6.07, 6.45) is 0.329. The molecule has 1 rings (SSSR count). The third kappa shape index (κ3) is 5.53. The van der Waals surface area contributed by atoms with Crippen LogP contribution in [-0.4, -0.2) is 29.6 Å². The predicted octanol–water partition coefficient (Wildman–Crippen LogP) is 2.84. The second kappa shape index (κ2) is 8.22. The molecule has 116 valence electrons. The summed E-state index contributed by atoms with van der Waals surface area (Å²) in [7, 11) is 0. The molecular weight excluding hydrogens is 315 g/mol. The first kappa shape index (κ1) is 17.8. The fraction of sp³-hybridized carbons (Fsp3) is 0.429. The molecule has 0 saturated heterocycles. The molecule has 0 aliphatic rings. The number of anilines is 1. The summed E-state index contributed by atoms with van der Waals surface area (Å²) in [5.74, 6) is -0.696. The lowest BCUT2D eigenvalue weighted by molar-refractivity contribution is -0.116. The standard InChI is InChI=1S/C14H18Cl2N2O3/c1-3-4-12(20)18-13-10(5-9(15)6-11(13)16)14(21)17-7-8(2)19/h5-6,8,19H,3-4,7H2,1-2H3,(H,17,21)(H,18,20). The molecule has 0 aromatic heterocycles. The van der Waals surface area contributed by atoms with E-state index in [-0.39, 0.29) is 33.7 Å². The summed E-state index contributed by atoms with van der Waals surface area (Å²) in [5.41, 5.74) is 0.389. The maximum atomic E-state index is 12.1. The molecule has 0 aliphatic carbocycles. The molecule has 0 aliphatic heterocycles. The van der Waals surface area contributed by atoms with Crippen LogP contribution in [0.5, 0.6) is 0 Å². The van der Waals surface area contributed by atoms with Gasteiger partial charge in [0, 0.05) is 18.0 Å². The summed E-state index contributed by atoms with van der Waals surface area (Å²) < 4.78 is 0. The number of rotatable bonds is 6. The van der Waals surface area contributed by atoms with Crippen LogP contribution in [0.4, 0.5) is 5.69 Å². The van der Waals surface area contributed by atoms with Gasteiger partial charge in [0.2, 0.25) is 5.91 Å². The smallest absolute Gasteiger partial charge is 0.253 e. The van der Waals surface area contributed by atoms with Gasteiger partial charge < -0.3 is 15.7 Å². The van der Waals surface area contributed by atoms with Crippen LogP contribution in [0.2, 0.25) is 10.0 Å². The number of aliphatic hydroxyl groups is 1. The minimum Gasteiger partial charge on any atom is -0.392 e. The van der Waals surface area contributed by atoms with Crippen LogP contribution in [-0.2, 0) is 4.79 Å². The summed E-state index contributed by atoms with van der Waals surface area (Å²) in [6, 6.07) is 2.88. The number of hydrogen-bond donors (Lipinski definition) is 3. The molecule has 0 fully saturated rings. The van der Waals surface area contributed by atoms with Gasteiger partial charge in [-0.05, 0) is 25.5 Å². The SMILES string of the molecule is CCCC(=O)Nc1c(Cl)cc(Cl)cc1C(=O)NCC(C)O. The number of carbonyl (C=O) groups is 2. The van der Waals surface area contributed by atoms with E-state index < -0.39 is 12.0 Å². The monoisotopic (exact) mass is 332 g/mol. The number of aliphatic hydroxyl groups excluding tert-OH is 1. The zero-order valence-electron chi connectivity index (χ0n) is 11.9. The normalized spacial score (nSPS) is 11.9.